The monoisotopic (exact) mass is 389 g/mol. The topological polar surface area (TPSA) is 142 Å². The van der Waals surface area contributed by atoms with Crippen LogP contribution < -0.4 is 16.8 Å². The van der Waals surface area contributed by atoms with Crippen molar-refractivity contribution in [2.45, 2.75) is 17.8 Å². The molecule has 0 spiro atoms. The van der Waals surface area contributed by atoms with E-state index in [9.17, 15) is 13.2 Å². The van der Waals surface area contributed by atoms with Gasteiger partial charge in [0.05, 0.1) is 0 Å². The zero-order valence-electron chi connectivity index (χ0n) is 13.9. The largest absolute Gasteiger partial charge is 0.408 e. The normalized spacial score (nSPS) is 12.6. The van der Waals surface area contributed by atoms with E-state index in [1.807, 2.05) is 0 Å². The Hall–Kier alpha value is -2.75. The first-order valence-corrected chi connectivity index (χ1v) is 8.22. The van der Waals surface area contributed by atoms with Crippen LogP contribution in [-0.2, 0) is 0 Å². The van der Waals surface area contributed by atoms with E-state index in [1.54, 1.807) is 18.1 Å². The fourth-order valence-corrected chi connectivity index (χ4v) is 2.30. The first-order chi connectivity index (χ1) is 12.2. The number of alkyl halides is 3. The van der Waals surface area contributed by atoms with Crippen molar-refractivity contribution in [3.05, 3.63) is 12.3 Å². The Labute approximate surface area is 152 Å². The summed E-state index contributed by atoms with van der Waals surface area (Å²) in [5.41, 5.74) is 11.0. The number of guanidine groups is 2. The fraction of sp³-hybridized carbons (Fsp3) is 0.462. The van der Waals surface area contributed by atoms with Crippen LogP contribution in [0.2, 0.25) is 0 Å². The molecule has 1 rings (SSSR count). The van der Waals surface area contributed by atoms with E-state index in [2.05, 4.69) is 25.3 Å². The van der Waals surface area contributed by atoms with Crippen molar-refractivity contribution in [2.75, 3.05) is 31.2 Å². The number of thioether (sulfide) groups is 1. The Morgan fingerprint density at radius 3 is 2.85 bits per heavy atom. The number of hydrogen-bond donors (Lipinski definition) is 3. The minimum absolute atomic E-state index is 0.133. The number of aliphatic imine (C=N–C) groups is 2. The Morgan fingerprint density at radius 1 is 1.46 bits per heavy atom. The molecule has 0 aliphatic rings. The molecule has 5 N–H and O–H groups in total. The third kappa shape index (κ3) is 8.92. The van der Waals surface area contributed by atoms with Crippen LogP contribution in [0.25, 0.3) is 0 Å². The number of nitrogens with zero attached hydrogens (tertiary/aromatic N) is 6. The predicted octanol–water partition coefficient (Wildman–Crippen LogP) is 0.975. The summed E-state index contributed by atoms with van der Waals surface area (Å²) in [5.74, 6) is 0.651. The molecule has 142 valence electrons. The molecule has 0 unspecified atom stereocenters. The molecule has 13 heteroatoms. The van der Waals surface area contributed by atoms with Gasteiger partial charge in [0.1, 0.15) is 12.4 Å². The van der Waals surface area contributed by atoms with E-state index in [-0.39, 0.29) is 17.7 Å². The van der Waals surface area contributed by atoms with E-state index >= 15 is 0 Å². The molecule has 1 aromatic rings. The minimum Gasteiger partial charge on any atom is -0.370 e. The van der Waals surface area contributed by atoms with Crippen LogP contribution in [0.5, 0.6) is 0 Å². The highest BCUT2D eigenvalue weighted by Gasteiger charge is 2.26. The van der Waals surface area contributed by atoms with Crippen molar-refractivity contribution in [1.82, 2.24) is 14.9 Å². The molecule has 0 saturated heterocycles. The quantitative estimate of drug-likeness (QED) is 0.156. The molecule has 1 aromatic heterocycles. The Kier molecular flexibility index (Phi) is 8.43. The van der Waals surface area contributed by atoms with Crippen molar-refractivity contribution >= 4 is 29.5 Å². The van der Waals surface area contributed by atoms with Crippen LogP contribution in [0.15, 0.2) is 27.4 Å². The second kappa shape index (κ2) is 10.3. The highest BCUT2D eigenvalue weighted by molar-refractivity contribution is 7.99. The zero-order valence-corrected chi connectivity index (χ0v) is 14.7. The minimum atomic E-state index is -4.42. The van der Waals surface area contributed by atoms with Gasteiger partial charge in [0.15, 0.2) is 11.1 Å². The average Bonchev–Trinajstić information content (AvgIpc) is 2.56. The summed E-state index contributed by atoms with van der Waals surface area (Å²) in [6.07, 6.45) is -0.635. The van der Waals surface area contributed by atoms with E-state index in [1.165, 1.54) is 24.0 Å². The van der Waals surface area contributed by atoms with Gasteiger partial charge in [-0.1, -0.05) is 11.8 Å². The lowest BCUT2D eigenvalue weighted by Gasteiger charge is -2.16. The number of aromatic nitrogens is 2. The van der Waals surface area contributed by atoms with E-state index < -0.39 is 12.7 Å². The summed E-state index contributed by atoms with van der Waals surface area (Å²) in [4.78, 5) is 16.4. The van der Waals surface area contributed by atoms with E-state index in [4.69, 9.17) is 16.7 Å². The summed E-state index contributed by atoms with van der Waals surface area (Å²) in [7, 11) is 1.71. The Bertz CT molecular complexity index is 684. The van der Waals surface area contributed by atoms with Gasteiger partial charge in [-0.15, -0.1) is 4.99 Å². The second-order valence-electron chi connectivity index (χ2n) is 4.86. The molecular weight excluding hydrogens is 371 g/mol. The van der Waals surface area contributed by atoms with Crippen molar-refractivity contribution in [2.24, 2.45) is 21.5 Å². The number of halogens is 3. The number of anilines is 1. The maximum atomic E-state index is 12.1. The van der Waals surface area contributed by atoms with E-state index in [0.29, 0.717) is 17.5 Å². The Morgan fingerprint density at radius 2 is 2.19 bits per heavy atom. The molecule has 0 amide bonds. The van der Waals surface area contributed by atoms with Gasteiger partial charge in [0.2, 0.25) is 12.2 Å². The fourth-order valence-electron chi connectivity index (χ4n) is 1.54. The predicted molar refractivity (Wildman–Crippen MR) is 93.4 cm³/mol. The molecule has 0 aliphatic heterocycles. The van der Waals surface area contributed by atoms with Crippen molar-refractivity contribution in [3.63, 3.8) is 0 Å². The molecule has 0 aliphatic carbocycles. The first kappa shape index (κ1) is 21.3. The molecular formula is C13H18F3N9S. The second-order valence-corrected chi connectivity index (χ2v) is 5.92. The van der Waals surface area contributed by atoms with Crippen LogP contribution in [0.3, 0.4) is 0 Å². The molecule has 0 bridgehead atoms. The Balaban J connectivity index is 2.47. The average molecular weight is 389 g/mol. The van der Waals surface area contributed by atoms with Gasteiger partial charge in [0.25, 0.3) is 0 Å². The molecule has 0 atom stereocenters. The summed E-state index contributed by atoms with van der Waals surface area (Å²) in [5, 5.41) is 11.3. The summed E-state index contributed by atoms with van der Waals surface area (Å²) in [6.45, 7) is -0.788. The van der Waals surface area contributed by atoms with Crippen LogP contribution in [0.4, 0.5) is 19.0 Å². The first-order valence-electron chi connectivity index (χ1n) is 7.24. The van der Waals surface area contributed by atoms with Gasteiger partial charge < -0.3 is 21.7 Å². The van der Waals surface area contributed by atoms with Crippen molar-refractivity contribution in [1.29, 1.82) is 5.26 Å². The lowest BCUT2D eigenvalue weighted by Crippen LogP contribution is -2.34. The lowest BCUT2D eigenvalue weighted by molar-refractivity contribution is -0.118. The number of rotatable bonds is 7. The number of hydrogen-bond acceptors (Lipinski definition) is 6. The van der Waals surface area contributed by atoms with Gasteiger partial charge in [-0.3, -0.25) is 0 Å². The number of nitrogens with one attached hydrogen (secondary N) is 1. The van der Waals surface area contributed by atoms with Crippen LogP contribution >= 0.6 is 11.8 Å². The lowest BCUT2D eigenvalue weighted by atomic mass is 10.4. The third-order valence-electron chi connectivity index (χ3n) is 2.74. The molecule has 0 aromatic carbocycles. The maximum Gasteiger partial charge on any atom is 0.408 e. The highest BCUT2D eigenvalue weighted by atomic mass is 32.2. The molecule has 0 saturated carbocycles. The zero-order chi connectivity index (χ0) is 19.6. The van der Waals surface area contributed by atoms with Crippen LogP contribution in [-0.4, -0.2) is 58.9 Å². The number of nitriles is 1. The smallest absolute Gasteiger partial charge is 0.370 e. The maximum absolute atomic E-state index is 12.1. The van der Waals surface area contributed by atoms with Gasteiger partial charge in [-0.05, 0) is 12.5 Å². The summed E-state index contributed by atoms with van der Waals surface area (Å²) < 4.78 is 36.3. The molecule has 26 heavy (non-hydrogen) atoms. The van der Waals surface area contributed by atoms with Crippen LogP contribution in [0, 0.1) is 11.5 Å². The van der Waals surface area contributed by atoms with Crippen molar-refractivity contribution < 1.29 is 13.2 Å². The molecule has 9 nitrogen and oxygen atoms in total. The molecule has 1 heterocycles. The highest BCUT2D eigenvalue weighted by Crippen LogP contribution is 2.16. The van der Waals surface area contributed by atoms with Gasteiger partial charge in [-0.25, -0.2) is 15.0 Å². The third-order valence-corrected chi connectivity index (χ3v) is 3.69. The molecule has 0 radical (unpaired) electrons. The van der Waals surface area contributed by atoms with Crippen molar-refractivity contribution in [3.8, 4) is 6.19 Å². The van der Waals surface area contributed by atoms with E-state index in [0.717, 1.165) is 6.42 Å². The summed E-state index contributed by atoms with van der Waals surface area (Å²) in [6, 6.07) is 1.47. The summed E-state index contributed by atoms with van der Waals surface area (Å²) >= 11 is 1.35. The number of nitrogens with two attached hydrogens (primary N) is 2. The van der Waals surface area contributed by atoms with Gasteiger partial charge in [0, 0.05) is 25.5 Å². The van der Waals surface area contributed by atoms with Crippen LogP contribution in [0.1, 0.15) is 6.42 Å². The standard InChI is InChI=1S/C13H18F3N9S/c1-25(11(19)22-8-17)5-2-6-26-12-20-4-3-9(24-12)23-10(18)21-7-13(14,15)16/h3-4H,2,5-7H2,1H3,(H2,19,22)(H3,18,20,21,23,24). The van der Waals surface area contributed by atoms with Gasteiger partial charge in [-0.2, -0.15) is 18.4 Å². The SMILES string of the molecule is CN(CCCSc1nccc(NC(N)=NCC(F)(F)F)n1)C(N)=NC#N. The molecule has 0 fully saturated rings. The van der Waals surface area contributed by atoms with Gasteiger partial charge >= 0.3 is 6.18 Å².